The molecule has 3 heterocycles. The molecule has 0 amide bonds. The first-order valence-electron chi connectivity index (χ1n) is 8.15. The predicted octanol–water partition coefficient (Wildman–Crippen LogP) is 2.85. The zero-order valence-electron chi connectivity index (χ0n) is 13.1. The van der Waals surface area contributed by atoms with E-state index in [1.807, 2.05) is 6.07 Å². The van der Waals surface area contributed by atoms with Crippen LogP contribution in [0.3, 0.4) is 0 Å². The summed E-state index contributed by atoms with van der Waals surface area (Å²) in [5.41, 5.74) is 8.36. The monoisotopic (exact) mass is 286 g/mol. The molecule has 21 heavy (non-hydrogen) atoms. The smallest absolute Gasteiger partial charge is 0.151 e. The second-order valence-corrected chi connectivity index (χ2v) is 6.35. The second kappa shape index (κ2) is 6.06. The number of hydrogen-bond acceptors (Lipinski definition) is 3. The van der Waals surface area contributed by atoms with Crippen molar-refractivity contribution < 1.29 is 0 Å². The lowest BCUT2D eigenvalue weighted by Crippen LogP contribution is -2.36. The van der Waals surface area contributed by atoms with E-state index >= 15 is 0 Å². The van der Waals surface area contributed by atoms with Crippen molar-refractivity contribution in [2.45, 2.75) is 45.6 Å². The Bertz CT molecular complexity index is 602. The normalized spacial score (nSPS) is 20.9. The Morgan fingerprint density at radius 3 is 3.05 bits per heavy atom. The lowest BCUT2D eigenvalue weighted by atomic mass is 9.95. The molecule has 114 valence electrons. The molecule has 2 atom stereocenters. The SMILES string of the molecule is CCC1CCCN(c2nc3ccccn3c2CC(C)N)C1. The molecule has 0 radical (unpaired) electrons. The van der Waals surface area contributed by atoms with Gasteiger partial charge in [0.05, 0.1) is 5.69 Å². The van der Waals surface area contributed by atoms with Gasteiger partial charge in [0.1, 0.15) is 5.65 Å². The maximum absolute atomic E-state index is 6.07. The van der Waals surface area contributed by atoms with E-state index in [4.69, 9.17) is 10.7 Å². The van der Waals surface area contributed by atoms with E-state index in [9.17, 15) is 0 Å². The van der Waals surface area contributed by atoms with Gasteiger partial charge in [0.2, 0.25) is 0 Å². The standard InChI is InChI=1S/C17H26N4/c1-3-14-7-6-9-20(12-14)17-15(11-13(2)18)21-10-5-4-8-16(21)19-17/h4-5,8,10,13-14H,3,6-7,9,11-12,18H2,1-2H3. The number of fused-ring (bicyclic) bond motifs is 1. The highest BCUT2D eigenvalue weighted by molar-refractivity contribution is 5.56. The van der Waals surface area contributed by atoms with Crippen molar-refractivity contribution in [3.8, 4) is 0 Å². The fraction of sp³-hybridized carbons (Fsp3) is 0.588. The quantitative estimate of drug-likeness (QED) is 0.940. The highest BCUT2D eigenvalue weighted by atomic mass is 15.2. The van der Waals surface area contributed by atoms with Crippen LogP contribution in [0, 0.1) is 5.92 Å². The molecular formula is C17H26N4. The van der Waals surface area contributed by atoms with E-state index in [1.54, 1.807) is 0 Å². The Hall–Kier alpha value is -1.55. The van der Waals surface area contributed by atoms with Crippen molar-refractivity contribution in [3.63, 3.8) is 0 Å². The van der Waals surface area contributed by atoms with E-state index in [0.717, 1.165) is 36.9 Å². The van der Waals surface area contributed by atoms with Gasteiger partial charge in [-0.05, 0) is 37.8 Å². The van der Waals surface area contributed by atoms with Crippen LogP contribution in [0.15, 0.2) is 24.4 Å². The molecule has 2 unspecified atom stereocenters. The zero-order chi connectivity index (χ0) is 14.8. The van der Waals surface area contributed by atoms with Crippen LogP contribution in [0.5, 0.6) is 0 Å². The Morgan fingerprint density at radius 2 is 2.29 bits per heavy atom. The van der Waals surface area contributed by atoms with E-state index in [2.05, 4.69) is 41.5 Å². The van der Waals surface area contributed by atoms with E-state index in [-0.39, 0.29) is 6.04 Å². The molecule has 0 bridgehead atoms. The predicted molar refractivity (Wildman–Crippen MR) is 87.8 cm³/mol. The molecule has 0 spiro atoms. The number of piperidine rings is 1. The molecule has 2 aromatic heterocycles. The highest BCUT2D eigenvalue weighted by Crippen LogP contribution is 2.28. The molecule has 4 nitrogen and oxygen atoms in total. The van der Waals surface area contributed by atoms with Crippen molar-refractivity contribution in [3.05, 3.63) is 30.1 Å². The van der Waals surface area contributed by atoms with Gasteiger partial charge in [0, 0.05) is 31.7 Å². The first-order valence-corrected chi connectivity index (χ1v) is 8.15. The number of rotatable bonds is 4. The van der Waals surface area contributed by atoms with Crippen LogP contribution in [0.1, 0.15) is 38.8 Å². The van der Waals surface area contributed by atoms with Gasteiger partial charge in [-0.25, -0.2) is 4.98 Å². The second-order valence-electron chi connectivity index (χ2n) is 6.35. The lowest BCUT2D eigenvalue weighted by molar-refractivity contribution is 0.402. The lowest BCUT2D eigenvalue weighted by Gasteiger charge is -2.33. The molecule has 0 aromatic carbocycles. The van der Waals surface area contributed by atoms with Crippen molar-refractivity contribution >= 4 is 11.5 Å². The summed E-state index contributed by atoms with van der Waals surface area (Å²) < 4.78 is 2.20. The summed E-state index contributed by atoms with van der Waals surface area (Å²) in [6, 6.07) is 6.34. The summed E-state index contributed by atoms with van der Waals surface area (Å²) in [6.45, 7) is 6.61. The van der Waals surface area contributed by atoms with Gasteiger partial charge in [-0.2, -0.15) is 0 Å². The van der Waals surface area contributed by atoms with Crippen LogP contribution in [0.25, 0.3) is 5.65 Å². The number of nitrogens with two attached hydrogens (primary N) is 1. The molecule has 3 rings (SSSR count). The average molecular weight is 286 g/mol. The third-order valence-corrected chi connectivity index (χ3v) is 4.52. The number of hydrogen-bond donors (Lipinski definition) is 1. The molecule has 1 fully saturated rings. The van der Waals surface area contributed by atoms with Crippen LogP contribution in [-0.2, 0) is 6.42 Å². The largest absolute Gasteiger partial charge is 0.355 e. The molecule has 0 aliphatic carbocycles. The molecular weight excluding hydrogens is 260 g/mol. The van der Waals surface area contributed by atoms with Crippen molar-refractivity contribution in [1.29, 1.82) is 0 Å². The van der Waals surface area contributed by atoms with E-state index in [0.29, 0.717) is 0 Å². The summed E-state index contributed by atoms with van der Waals surface area (Å²) >= 11 is 0. The molecule has 1 aliphatic heterocycles. The van der Waals surface area contributed by atoms with Gasteiger partial charge in [-0.1, -0.05) is 19.4 Å². The molecule has 4 heteroatoms. The molecule has 0 saturated carbocycles. The molecule has 2 N–H and O–H groups in total. The topological polar surface area (TPSA) is 46.6 Å². The number of imidazole rings is 1. The zero-order valence-corrected chi connectivity index (χ0v) is 13.1. The van der Waals surface area contributed by atoms with Gasteiger partial charge in [-0.3, -0.25) is 0 Å². The van der Waals surface area contributed by atoms with E-state index < -0.39 is 0 Å². The fourth-order valence-corrected chi connectivity index (χ4v) is 3.37. The third-order valence-electron chi connectivity index (χ3n) is 4.52. The Balaban J connectivity index is 2.00. The summed E-state index contributed by atoms with van der Waals surface area (Å²) in [4.78, 5) is 7.37. The number of anilines is 1. The third kappa shape index (κ3) is 2.91. The first kappa shape index (κ1) is 14.4. The minimum absolute atomic E-state index is 0.149. The number of nitrogens with zero attached hydrogens (tertiary/aromatic N) is 3. The van der Waals surface area contributed by atoms with Gasteiger partial charge in [-0.15, -0.1) is 0 Å². The van der Waals surface area contributed by atoms with Gasteiger partial charge in [0.25, 0.3) is 0 Å². The van der Waals surface area contributed by atoms with Gasteiger partial charge >= 0.3 is 0 Å². The van der Waals surface area contributed by atoms with Crippen LogP contribution in [-0.4, -0.2) is 28.5 Å². The summed E-state index contributed by atoms with van der Waals surface area (Å²) in [5.74, 6) is 1.95. The number of pyridine rings is 1. The maximum atomic E-state index is 6.07. The fourth-order valence-electron chi connectivity index (χ4n) is 3.37. The summed E-state index contributed by atoms with van der Waals surface area (Å²) in [6.07, 6.45) is 6.85. The Morgan fingerprint density at radius 1 is 1.43 bits per heavy atom. The molecule has 1 saturated heterocycles. The molecule has 2 aromatic rings. The van der Waals surface area contributed by atoms with Gasteiger partial charge < -0.3 is 15.0 Å². The number of aromatic nitrogens is 2. The maximum Gasteiger partial charge on any atom is 0.151 e. The first-order chi connectivity index (χ1) is 10.2. The Kier molecular flexibility index (Phi) is 4.15. The van der Waals surface area contributed by atoms with Crippen LogP contribution < -0.4 is 10.6 Å². The molecule has 1 aliphatic rings. The van der Waals surface area contributed by atoms with Crippen LogP contribution in [0.2, 0.25) is 0 Å². The summed E-state index contributed by atoms with van der Waals surface area (Å²) in [5, 5.41) is 0. The van der Waals surface area contributed by atoms with Crippen molar-refractivity contribution in [2.24, 2.45) is 11.7 Å². The highest BCUT2D eigenvalue weighted by Gasteiger charge is 2.24. The van der Waals surface area contributed by atoms with Gasteiger partial charge in [0.15, 0.2) is 5.82 Å². The van der Waals surface area contributed by atoms with Crippen molar-refractivity contribution in [2.75, 3.05) is 18.0 Å². The van der Waals surface area contributed by atoms with Crippen LogP contribution in [0.4, 0.5) is 5.82 Å². The van der Waals surface area contributed by atoms with Crippen molar-refractivity contribution in [1.82, 2.24) is 9.38 Å². The minimum Gasteiger partial charge on any atom is -0.355 e. The minimum atomic E-state index is 0.149. The summed E-state index contributed by atoms with van der Waals surface area (Å²) in [7, 11) is 0. The van der Waals surface area contributed by atoms with Crippen LogP contribution >= 0.6 is 0 Å². The average Bonchev–Trinajstić information content (AvgIpc) is 2.86. The Labute approximate surface area is 127 Å². The van der Waals surface area contributed by atoms with E-state index in [1.165, 1.54) is 25.0 Å².